The Labute approximate surface area is 190 Å². The second-order valence-corrected chi connectivity index (χ2v) is 8.89. The number of benzene rings is 3. The van der Waals surface area contributed by atoms with Crippen molar-refractivity contribution in [1.29, 1.82) is 0 Å². The molecule has 3 aromatic carbocycles. The molecule has 2 aliphatic carbocycles. The Hall–Kier alpha value is -3.73. The number of carbonyl (C=O) groups is 1. The highest BCUT2D eigenvalue weighted by molar-refractivity contribution is 5.97. The molecule has 1 unspecified atom stereocenters. The van der Waals surface area contributed by atoms with E-state index in [2.05, 4.69) is 11.1 Å². The lowest BCUT2D eigenvalue weighted by Crippen LogP contribution is -2.06. The van der Waals surface area contributed by atoms with E-state index in [1.807, 2.05) is 54.7 Å². The van der Waals surface area contributed by atoms with Crippen LogP contribution in [0.25, 0.3) is 21.9 Å². The third kappa shape index (κ3) is 3.44. The van der Waals surface area contributed by atoms with Crippen LogP contribution in [0.15, 0.2) is 73.1 Å². The Morgan fingerprint density at radius 3 is 2.67 bits per heavy atom. The third-order valence-corrected chi connectivity index (χ3v) is 6.95. The summed E-state index contributed by atoms with van der Waals surface area (Å²) < 4.78 is 21.2. The fourth-order valence-corrected chi connectivity index (χ4v) is 5.20. The molecular weight excluding hydrogens is 417 g/mol. The average Bonchev–Trinajstić information content (AvgIpc) is 3.54. The predicted molar refractivity (Wildman–Crippen MR) is 124 cm³/mol. The van der Waals surface area contributed by atoms with Crippen LogP contribution in [-0.2, 0) is 11.2 Å². The number of nitrogens with zero attached hydrogens (tertiary/aromatic N) is 1. The molecule has 5 heteroatoms. The van der Waals surface area contributed by atoms with Crippen LogP contribution in [-0.4, -0.2) is 16.1 Å². The van der Waals surface area contributed by atoms with Crippen LogP contribution in [0, 0.1) is 11.7 Å². The Morgan fingerprint density at radius 2 is 1.88 bits per heavy atom. The Morgan fingerprint density at radius 1 is 1.03 bits per heavy atom. The maximum absolute atomic E-state index is 15.0. The lowest BCUT2D eigenvalue weighted by Gasteiger charge is -2.17. The molecule has 1 N–H and O–H groups in total. The molecule has 1 saturated carbocycles. The molecule has 4 nitrogen and oxygen atoms in total. The van der Waals surface area contributed by atoms with E-state index in [1.165, 1.54) is 6.07 Å². The first kappa shape index (κ1) is 19.9. The maximum atomic E-state index is 15.0. The van der Waals surface area contributed by atoms with Gasteiger partial charge in [-0.3, -0.25) is 9.78 Å². The highest BCUT2D eigenvalue weighted by atomic mass is 19.1. The summed E-state index contributed by atoms with van der Waals surface area (Å²) in [6.07, 6.45) is 5.42. The standard InChI is InChI=1S/C28H22FNO3/c29-25-10-8-21(20-3-1-2-17-15-30-13-12-19(17)20)22-9-11-26(27(22)25)33-18-6-4-16(5-7-18)23-14-24(23)28(31)32/h1-8,10,12-13,15,23-24,26H,9,11,14H2,(H,31,32)/t23-,24+,26?/m1/s1. The van der Waals surface area contributed by atoms with Crippen molar-refractivity contribution in [2.45, 2.75) is 31.3 Å². The largest absolute Gasteiger partial charge is 0.486 e. The number of hydrogen-bond donors (Lipinski definition) is 1. The van der Waals surface area contributed by atoms with Gasteiger partial charge in [-0.1, -0.05) is 36.4 Å². The normalized spacial score (nSPS) is 21.1. The number of halogens is 1. The monoisotopic (exact) mass is 439 g/mol. The number of aromatic nitrogens is 1. The van der Waals surface area contributed by atoms with Crippen LogP contribution in [0.1, 0.15) is 41.6 Å². The summed E-state index contributed by atoms with van der Waals surface area (Å²) in [5.74, 6) is -0.505. The van der Waals surface area contributed by atoms with E-state index >= 15 is 4.39 Å². The molecule has 0 radical (unpaired) electrons. The quantitative estimate of drug-likeness (QED) is 0.397. The van der Waals surface area contributed by atoms with Gasteiger partial charge in [0.15, 0.2) is 0 Å². The molecule has 4 aromatic rings. The zero-order valence-corrected chi connectivity index (χ0v) is 17.9. The first-order valence-corrected chi connectivity index (χ1v) is 11.2. The van der Waals surface area contributed by atoms with Crippen LogP contribution >= 0.6 is 0 Å². The molecule has 0 aliphatic heterocycles. The van der Waals surface area contributed by atoms with E-state index in [0.717, 1.165) is 39.4 Å². The van der Waals surface area contributed by atoms with Crippen LogP contribution in [0.4, 0.5) is 4.39 Å². The van der Waals surface area contributed by atoms with Crippen molar-refractivity contribution in [3.63, 3.8) is 0 Å². The second kappa shape index (κ2) is 7.69. The molecule has 0 bridgehead atoms. The first-order chi connectivity index (χ1) is 16.1. The van der Waals surface area contributed by atoms with Crippen molar-refractivity contribution in [3.8, 4) is 16.9 Å². The number of carboxylic acids is 1. The highest BCUT2D eigenvalue weighted by Crippen LogP contribution is 2.48. The van der Waals surface area contributed by atoms with Crippen LogP contribution in [0.5, 0.6) is 5.75 Å². The first-order valence-electron chi connectivity index (χ1n) is 11.2. The molecule has 3 atom stereocenters. The van der Waals surface area contributed by atoms with Crippen LogP contribution < -0.4 is 4.74 Å². The van der Waals surface area contributed by atoms with Gasteiger partial charge in [0.25, 0.3) is 0 Å². The van der Waals surface area contributed by atoms with Gasteiger partial charge in [0.05, 0.1) is 5.92 Å². The molecule has 0 spiro atoms. The number of fused-ring (bicyclic) bond motifs is 2. The molecule has 6 rings (SSSR count). The van der Waals surface area contributed by atoms with Crippen molar-refractivity contribution >= 4 is 16.7 Å². The number of aliphatic carboxylic acids is 1. The van der Waals surface area contributed by atoms with Crippen molar-refractivity contribution < 1.29 is 19.0 Å². The number of ether oxygens (including phenoxy) is 1. The van der Waals surface area contributed by atoms with Gasteiger partial charge in [0, 0.05) is 23.3 Å². The third-order valence-electron chi connectivity index (χ3n) is 6.95. The molecule has 0 amide bonds. The molecule has 2 aliphatic rings. The zero-order valence-electron chi connectivity index (χ0n) is 17.9. The Bertz CT molecular complexity index is 1380. The fourth-order valence-electron chi connectivity index (χ4n) is 5.20. The van der Waals surface area contributed by atoms with Gasteiger partial charge in [-0.15, -0.1) is 0 Å². The van der Waals surface area contributed by atoms with Crippen molar-refractivity contribution in [2.24, 2.45) is 5.92 Å². The molecular formula is C28H22FNO3. The fraction of sp³-hybridized carbons (Fsp3) is 0.214. The minimum Gasteiger partial charge on any atom is -0.486 e. The molecule has 164 valence electrons. The van der Waals surface area contributed by atoms with Crippen molar-refractivity contribution in [3.05, 3.63) is 95.6 Å². The number of rotatable bonds is 5. The Balaban J connectivity index is 1.30. The summed E-state index contributed by atoms with van der Waals surface area (Å²) in [6, 6.07) is 19.1. The van der Waals surface area contributed by atoms with Crippen LogP contribution in [0.3, 0.4) is 0 Å². The highest BCUT2D eigenvalue weighted by Gasteiger charge is 2.44. The number of carboxylic acid groups (broad SMARTS) is 1. The van der Waals surface area contributed by atoms with Gasteiger partial charge in [-0.2, -0.15) is 0 Å². The van der Waals surface area contributed by atoms with E-state index in [9.17, 15) is 4.79 Å². The summed E-state index contributed by atoms with van der Waals surface area (Å²) in [5.41, 5.74) is 4.77. The molecule has 0 saturated heterocycles. The molecule has 33 heavy (non-hydrogen) atoms. The van der Waals surface area contributed by atoms with Gasteiger partial charge < -0.3 is 9.84 Å². The number of pyridine rings is 1. The van der Waals surface area contributed by atoms with Crippen molar-refractivity contribution in [2.75, 3.05) is 0 Å². The number of hydrogen-bond acceptors (Lipinski definition) is 3. The van der Waals surface area contributed by atoms with Gasteiger partial charge >= 0.3 is 5.97 Å². The van der Waals surface area contributed by atoms with E-state index in [1.54, 1.807) is 6.20 Å². The Kier molecular flexibility index (Phi) is 4.64. The summed E-state index contributed by atoms with van der Waals surface area (Å²) in [4.78, 5) is 15.3. The summed E-state index contributed by atoms with van der Waals surface area (Å²) in [7, 11) is 0. The topological polar surface area (TPSA) is 59.4 Å². The zero-order chi connectivity index (χ0) is 22.5. The van der Waals surface area contributed by atoms with Gasteiger partial charge in [0.1, 0.15) is 17.7 Å². The van der Waals surface area contributed by atoms with E-state index in [4.69, 9.17) is 9.84 Å². The smallest absolute Gasteiger partial charge is 0.307 e. The summed E-state index contributed by atoms with van der Waals surface area (Å²) in [5, 5.41) is 11.3. The van der Waals surface area contributed by atoms with Crippen molar-refractivity contribution in [1.82, 2.24) is 4.98 Å². The minimum absolute atomic E-state index is 0.0830. The maximum Gasteiger partial charge on any atom is 0.307 e. The van der Waals surface area contributed by atoms with Gasteiger partial charge in [-0.25, -0.2) is 4.39 Å². The van der Waals surface area contributed by atoms with Gasteiger partial charge in [-0.05, 0) is 77.1 Å². The lowest BCUT2D eigenvalue weighted by molar-refractivity contribution is -0.138. The average molecular weight is 439 g/mol. The SMILES string of the molecule is O=C(O)[C@H]1C[C@@H]1c1ccc(OC2CCc3c(-c4cccc5cnccc45)ccc(F)c32)cc1. The molecule has 1 fully saturated rings. The summed E-state index contributed by atoms with van der Waals surface area (Å²) >= 11 is 0. The molecule has 1 aromatic heterocycles. The lowest BCUT2D eigenvalue weighted by atomic mass is 9.93. The van der Waals surface area contributed by atoms with Gasteiger partial charge in [0.2, 0.25) is 0 Å². The second-order valence-electron chi connectivity index (χ2n) is 8.89. The molecule has 1 heterocycles. The van der Waals surface area contributed by atoms with E-state index in [0.29, 0.717) is 24.2 Å². The predicted octanol–water partition coefficient (Wildman–Crippen LogP) is 6.30. The van der Waals surface area contributed by atoms with E-state index in [-0.39, 0.29) is 23.8 Å². The van der Waals surface area contributed by atoms with E-state index < -0.39 is 5.97 Å². The summed E-state index contributed by atoms with van der Waals surface area (Å²) in [6.45, 7) is 0. The van der Waals surface area contributed by atoms with Crippen LogP contribution in [0.2, 0.25) is 0 Å². The minimum atomic E-state index is -0.739.